The van der Waals surface area contributed by atoms with Gasteiger partial charge in [0.25, 0.3) is 11.8 Å². The highest BCUT2D eigenvalue weighted by Crippen LogP contribution is 2.39. The van der Waals surface area contributed by atoms with E-state index >= 15 is 0 Å². The number of amides is 4. The molecular weight excluding hydrogens is 1510 g/mol. The van der Waals surface area contributed by atoms with Crippen LogP contribution in [0.15, 0.2) is 58.8 Å². The molecule has 22 heterocycles. The Morgan fingerprint density at radius 2 is 0.637 bits per heavy atom. The van der Waals surface area contributed by atoms with Gasteiger partial charge in [0.05, 0.1) is 57.6 Å². The number of azo groups is 1. The Balaban J connectivity index is 0.780. The van der Waals surface area contributed by atoms with E-state index in [0.717, 1.165) is 32.1 Å². The van der Waals surface area contributed by atoms with Crippen molar-refractivity contribution in [1.29, 1.82) is 0 Å². The molecule has 22 aliphatic rings. The van der Waals surface area contributed by atoms with Crippen LogP contribution >= 0.6 is 0 Å². The molecule has 24 rings (SSSR count). The number of benzene rings is 2. The third-order valence-electron chi connectivity index (χ3n) is 19.7. The number of carbonyl (C=O) groups excluding carboxylic acids is 4. The molecular formula is C71H110N6O36. The maximum atomic E-state index is 13.9. The molecule has 42 nitrogen and oxygen atoms in total. The van der Waals surface area contributed by atoms with Crippen LogP contribution < -0.4 is 21.3 Å². The van der Waals surface area contributed by atoms with E-state index in [9.17, 15) is 106 Å². The lowest BCUT2D eigenvalue weighted by molar-refractivity contribution is -0.403. The van der Waals surface area contributed by atoms with Gasteiger partial charge in [0, 0.05) is 56.9 Å². The van der Waals surface area contributed by atoms with E-state index in [1.807, 2.05) is 20.8 Å². The first-order chi connectivity index (χ1) is 54.1. The summed E-state index contributed by atoms with van der Waals surface area (Å²) in [5.74, 6) is -1.14. The number of aliphatic hydroxyl groups is 17. The van der Waals surface area contributed by atoms with E-state index in [-0.39, 0.29) is 23.1 Å². The molecule has 42 heteroatoms. The van der Waals surface area contributed by atoms with Gasteiger partial charge in [-0.1, -0.05) is 19.3 Å². The van der Waals surface area contributed by atoms with Crippen molar-refractivity contribution in [2.45, 2.75) is 262 Å². The summed E-state index contributed by atoms with van der Waals surface area (Å²) in [6.45, 7) is 2.44. The van der Waals surface area contributed by atoms with E-state index in [2.05, 4.69) is 31.5 Å². The number of unbranched alkanes of at least 4 members (excludes halogenated alkanes) is 4. The van der Waals surface area contributed by atoms with Gasteiger partial charge >= 0.3 is 6.09 Å². The lowest BCUT2D eigenvalue weighted by Crippen LogP contribution is -2.69. The molecule has 4 amide bonds. The Morgan fingerprint density at radius 3 is 0.973 bits per heavy atom. The monoisotopic (exact) mass is 1620 g/mol. The first-order valence-corrected chi connectivity index (χ1v) is 37.7. The molecule has 21 N–H and O–H groups in total. The number of hydrogen-bond donors (Lipinski definition) is 21. The third kappa shape index (κ3) is 24.6. The molecule has 640 valence electrons. The second-order valence-electron chi connectivity index (χ2n) is 29.1. The van der Waals surface area contributed by atoms with Gasteiger partial charge in [0.2, 0.25) is 5.91 Å². The standard InChI is InChI=1S/C71H110N6O36/c1-71(2,3)113-70(98)74-20-8-6-4-5-7-11-43(83)72-21-9-23-99-25-26-100-24-10-22-73-62(96)33-12-16-35(17-13-33)76-77-36-18-14-34(15-19-36)63(97)75-27-37-56-44(84)50(90)64(101-37)108-57-38(28-78)103-66(52(92)46(57)86)110-59-40(30-80)105-68(54(94)48(59)88)112-61-42(32-82)106-69(55(95)49(61)89)111-60-41(31-81)104-67(53(93)47(60)87)109-58-39(29-79)102-65(107-56)51(91)45(58)85/h12-19,37-42,44-61,64-69,78-82,84-95H,4-11,20-32H2,1-3H3,(H,72,83)(H,73,96)(H,74,98)(H,75,97)/t37-,38-,39-,40-,41-,42-,44-,45-,46-,47-,48-,49-,50-,51-,52-,53-,54-,55-,56-,57-,58-,59-,60-,61-,64-,65-,66-,67-,68-,69-/m1/s1. The summed E-state index contributed by atoms with van der Waals surface area (Å²) < 4.78 is 86.5. The number of carbonyl (C=O) groups is 4. The normalized spacial score (nSPS) is 37.2. The van der Waals surface area contributed by atoms with Crippen molar-refractivity contribution in [2.75, 3.05) is 85.6 Å². The summed E-state index contributed by atoms with van der Waals surface area (Å²) in [6.07, 6.45) is -55.1. The van der Waals surface area contributed by atoms with Crippen molar-refractivity contribution in [2.24, 2.45) is 10.2 Å². The first-order valence-electron chi connectivity index (χ1n) is 37.7. The topological polar surface area (TPSA) is 623 Å². The Bertz CT molecular complexity index is 3230. The van der Waals surface area contributed by atoms with Crippen LogP contribution in [0.1, 0.15) is 92.9 Å². The maximum absolute atomic E-state index is 13.9. The highest BCUT2D eigenvalue weighted by molar-refractivity contribution is 5.95. The zero-order chi connectivity index (χ0) is 81.8. The number of hydrogen-bond acceptors (Lipinski definition) is 38. The van der Waals surface area contributed by atoms with E-state index < -0.39 is 241 Å². The number of aliphatic hydroxyl groups excluding tert-OH is 17. The quantitative estimate of drug-likeness (QED) is 0.0255. The average molecular weight is 1620 g/mol. The van der Waals surface area contributed by atoms with Crippen LogP contribution in [0.25, 0.3) is 0 Å². The smallest absolute Gasteiger partial charge is 0.407 e. The number of nitrogens with zero attached hydrogens (tertiary/aromatic N) is 2. The maximum Gasteiger partial charge on any atom is 0.407 e. The van der Waals surface area contributed by atoms with E-state index in [1.54, 1.807) is 24.3 Å². The molecule has 22 aliphatic heterocycles. The van der Waals surface area contributed by atoms with Crippen LogP contribution in [-0.4, -0.2) is 386 Å². The van der Waals surface area contributed by atoms with Crippen molar-refractivity contribution in [1.82, 2.24) is 21.3 Å². The van der Waals surface area contributed by atoms with Crippen LogP contribution in [-0.2, 0) is 75.8 Å². The summed E-state index contributed by atoms with van der Waals surface area (Å²) >= 11 is 0. The lowest BCUT2D eigenvalue weighted by atomic mass is 9.94. The fraction of sp³-hybridized carbons (Fsp3) is 0.775. The Morgan fingerprint density at radius 1 is 0.345 bits per heavy atom. The molecule has 2 aromatic rings. The van der Waals surface area contributed by atoms with E-state index in [1.165, 1.54) is 24.3 Å². The van der Waals surface area contributed by atoms with Gasteiger partial charge in [0.1, 0.15) is 152 Å². The molecule has 0 saturated carbocycles. The number of rotatable bonds is 30. The molecule has 22 saturated heterocycles. The Kier molecular flexibility index (Phi) is 35.4. The molecule has 0 spiro atoms. The summed E-state index contributed by atoms with van der Waals surface area (Å²) in [6, 6.07) is 11.9. The van der Waals surface area contributed by atoms with Gasteiger partial charge in [-0.3, -0.25) is 14.4 Å². The summed E-state index contributed by atoms with van der Waals surface area (Å²) in [7, 11) is 0. The van der Waals surface area contributed by atoms with Crippen molar-refractivity contribution < 1.29 is 177 Å². The lowest BCUT2D eigenvalue weighted by Gasteiger charge is -2.50. The zero-order valence-electron chi connectivity index (χ0n) is 62.5. The number of ether oxygens (including phenoxy) is 15. The summed E-state index contributed by atoms with van der Waals surface area (Å²) in [5.41, 5.74) is 0.477. The van der Waals surface area contributed by atoms with Crippen LogP contribution in [0.5, 0.6) is 0 Å². The minimum atomic E-state index is -2.26. The minimum Gasteiger partial charge on any atom is -0.444 e. The molecule has 30 atom stereocenters. The predicted octanol–water partition coefficient (Wildman–Crippen LogP) is -6.68. The number of alkyl carbamates (subject to hydrolysis) is 1. The van der Waals surface area contributed by atoms with Gasteiger partial charge in [-0.05, 0) is 95.0 Å². The fourth-order valence-electron chi connectivity index (χ4n) is 13.5. The fourth-order valence-corrected chi connectivity index (χ4v) is 13.5. The van der Waals surface area contributed by atoms with Crippen LogP contribution in [0.4, 0.5) is 16.2 Å². The van der Waals surface area contributed by atoms with Gasteiger partial charge in [-0.2, -0.15) is 10.2 Å². The van der Waals surface area contributed by atoms with Crippen LogP contribution in [0.3, 0.4) is 0 Å². The number of nitrogens with one attached hydrogen (secondary N) is 4. The molecule has 0 unspecified atom stereocenters. The van der Waals surface area contributed by atoms with Gasteiger partial charge < -0.3 is 179 Å². The summed E-state index contributed by atoms with van der Waals surface area (Å²) in [4.78, 5) is 50.7. The van der Waals surface area contributed by atoms with Gasteiger partial charge in [-0.25, -0.2) is 4.79 Å². The minimum absolute atomic E-state index is 0.00327. The van der Waals surface area contributed by atoms with E-state index in [4.69, 9.17) is 71.1 Å². The molecule has 22 fully saturated rings. The third-order valence-corrected chi connectivity index (χ3v) is 19.7. The van der Waals surface area contributed by atoms with Crippen molar-refractivity contribution in [3.8, 4) is 0 Å². The van der Waals surface area contributed by atoms with E-state index in [0.29, 0.717) is 76.6 Å². The molecule has 113 heavy (non-hydrogen) atoms. The van der Waals surface area contributed by atoms with Crippen molar-refractivity contribution in [3.05, 3.63) is 59.7 Å². The highest BCUT2D eigenvalue weighted by Gasteiger charge is 2.59. The Labute approximate surface area is 648 Å². The molecule has 0 aromatic heterocycles. The summed E-state index contributed by atoms with van der Waals surface area (Å²) in [5, 5.41) is 211. The van der Waals surface area contributed by atoms with Crippen molar-refractivity contribution >= 4 is 35.2 Å². The average Bonchev–Trinajstić information content (AvgIpc) is 0.771. The van der Waals surface area contributed by atoms with Gasteiger partial charge in [-0.15, -0.1) is 0 Å². The van der Waals surface area contributed by atoms with Crippen molar-refractivity contribution in [3.63, 3.8) is 0 Å². The largest absolute Gasteiger partial charge is 0.444 e. The van der Waals surface area contributed by atoms with Crippen LogP contribution in [0.2, 0.25) is 0 Å². The van der Waals surface area contributed by atoms with Crippen LogP contribution in [0, 0.1) is 0 Å². The first kappa shape index (κ1) is 91.4. The molecule has 12 bridgehead atoms. The second kappa shape index (κ2) is 43.8. The molecule has 2 aromatic carbocycles. The predicted molar refractivity (Wildman–Crippen MR) is 376 cm³/mol. The SMILES string of the molecule is CC(C)(C)OC(=O)NCCCCCCCC(=O)NCCCOCCOCCCNC(=O)c1ccc(N=Nc2ccc(C(=O)NC[C@H]3O[C@@H]4O[C@H]5[C@H](O)[C@@H](O)[C@@H](O[C@H]6[C@H](O)[C@@H](O)[C@@H](O[C@H]7[C@H](O)[C@@H](O)[C@@H](O[C@H]8[C@H](O)[C@@H](O)[C@@H](O[C@H]9[C@H](O)[C@@H](O)[C@@H](O[C@H]3[C@H](O)[C@H]4O)O[C@@H]9CO)O[C@@H]8CO)O[C@@H]7CO)O[C@@H]6CO)O[C@@H]5CO)cc2)cc1. The second-order valence-corrected chi connectivity index (χ2v) is 29.1. The highest BCUT2D eigenvalue weighted by atomic mass is 16.8. The molecule has 0 radical (unpaired) electrons. The Hall–Kier alpha value is -5.52. The van der Waals surface area contributed by atoms with Gasteiger partial charge in [0.15, 0.2) is 37.7 Å². The zero-order valence-corrected chi connectivity index (χ0v) is 62.5. The molecule has 0 aliphatic carbocycles.